The van der Waals surface area contributed by atoms with Crippen LogP contribution in [0.25, 0.3) is 0 Å². The second-order valence-electron chi connectivity index (χ2n) is 6.76. The summed E-state index contributed by atoms with van der Waals surface area (Å²) in [5, 5.41) is 6.70. The minimum Gasteiger partial charge on any atom is -0.497 e. The maximum absolute atomic E-state index is 13.9. The number of anilines is 1. The molecule has 0 amide bonds. The molecule has 3 rings (SSSR count). The van der Waals surface area contributed by atoms with E-state index in [-0.39, 0.29) is 35.8 Å². The summed E-state index contributed by atoms with van der Waals surface area (Å²) in [7, 11) is 3.38. The van der Waals surface area contributed by atoms with E-state index in [0.29, 0.717) is 19.0 Å². The fraction of sp³-hybridized carbons (Fsp3) is 0.429. The second-order valence-corrected chi connectivity index (χ2v) is 6.76. The number of nitrogens with one attached hydrogen (secondary N) is 2. The molecule has 1 saturated heterocycles. The minimum atomic E-state index is -0.285. The fourth-order valence-electron chi connectivity index (χ4n) is 3.23. The largest absolute Gasteiger partial charge is 0.497 e. The normalized spacial score (nSPS) is 16.0. The Kier molecular flexibility index (Phi) is 9.92. The van der Waals surface area contributed by atoms with E-state index in [1.54, 1.807) is 26.4 Å². The maximum Gasteiger partial charge on any atom is 0.191 e. The van der Waals surface area contributed by atoms with Crippen molar-refractivity contribution in [1.29, 1.82) is 0 Å². The van der Waals surface area contributed by atoms with Crippen molar-refractivity contribution in [1.82, 2.24) is 15.6 Å². The van der Waals surface area contributed by atoms with Gasteiger partial charge in [-0.05, 0) is 37.1 Å². The maximum atomic E-state index is 13.9. The van der Waals surface area contributed by atoms with Crippen molar-refractivity contribution >= 4 is 35.8 Å². The lowest BCUT2D eigenvalue weighted by molar-refractivity contribution is 0.308. The molecule has 0 bridgehead atoms. The van der Waals surface area contributed by atoms with Crippen molar-refractivity contribution < 1.29 is 13.9 Å². The van der Waals surface area contributed by atoms with Crippen LogP contribution in [0.5, 0.6) is 11.5 Å². The van der Waals surface area contributed by atoms with Crippen LogP contribution >= 0.6 is 24.0 Å². The lowest BCUT2D eigenvalue weighted by atomic mass is 10.3. The molecular formula is C21H29FIN5O2. The number of rotatable bonds is 8. The topological polar surface area (TPSA) is 71.0 Å². The number of pyridine rings is 1. The van der Waals surface area contributed by atoms with Crippen LogP contribution in [-0.4, -0.2) is 57.4 Å². The first-order chi connectivity index (χ1) is 14.2. The molecule has 0 aliphatic carbocycles. The van der Waals surface area contributed by atoms with E-state index in [2.05, 4.69) is 20.6 Å². The third kappa shape index (κ3) is 6.89. The number of benzene rings is 1. The first kappa shape index (κ1) is 24.0. The van der Waals surface area contributed by atoms with Gasteiger partial charge in [-0.25, -0.2) is 9.37 Å². The van der Waals surface area contributed by atoms with Crippen LogP contribution in [0.15, 0.2) is 47.6 Å². The quantitative estimate of drug-likeness (QED) is 0.237. The molecule has 1 aromatic carbocycles. The van der Waals surface area contributed by atoms with E-state index in [0.717, 1.165) is 43.4 Å². The zero-order valence-electron chi connectivity index (χ0n) is 17.3. The number of ether oxygens (including phenoxy) is 2. The highest BCUT2D eigenvalue weighted by atomic mass is 127. The Balaban J connectivity index is 0.00000320. The number of hydrogen-bond donors (Lipinski definition) is 2. The molecule has 30 heavy (non-hydrogen) atoms. The molecule has 2 aromatic rings. The van der Waals surface area contributed by atoms with Crippen LogP contribution in [0.1, 0.15) is 12.8 Å². The van der Waals surface area contributed by atoms with Gasteiger partial charge in [-0.1, -0.05) is 6.07 Å². The summed E-state index contributed by atoms with van der Waals surface area (Å²) in [6.45, 7) is 2.77. The molecule has 1 unspecified atom stereocenters. The summed E-state index contributed by atoms with van der Waals surface area (Å²) >= 11 is 0. The van der Waals surface area contributed by atoms with Gasteiger partial charge in [-0.15, -0.1) is 24.0 Å². The van der Waals surface area contributed by atoms with Gasteiger partial charge in [0.25, 0.3) is 0 Å². The molecule has 1 aliphatic heterocycles. The average molecular weight is 529 g/mol. The van der Waals surface area contributed by atoms with Crippen LogP contribution in [-0.2, 0) is 0 Å². The van der Waals surface area contributed by atoms with Crippen molar-refractivity contribution in [3.63, 3.8) is 0 Å². The van der Waals surface area contributed by atoms with E-state index in [4.69, 9.17) is 9.47 Å². The van der Waals surface area contributed by atoms with Gasteiger partial charge < -0.3 is 25.0 Å². The molecule has 2 heterocycles. The van der Waals surface area contributed by atoms with Crippen molar-refractivity contribution in [3.8, 4) is 11.5 Å². The summed E-state index contributed by atoms with van der Waals surface area (Å²) in [6.07, 6.45) is 3.34. The molecule has 0 radical (unpaired) electrons. The summed E-state index contributed by atoms with van der Waals surface area (Å²) < 4.78 is 24.9. The molecule has 1 atom stereocenters. The van der Waals surface area contributed by atoms with Gasteiger partial charge in [0.05, 0.1) is 13.7 Å². The van der Waals surface area contributed by atoms with Gasteiger partial charge in [-0.3, -0.25) is 4.99 Å². The van der Waals surface area contributed by atoms with Crippen LogP contribution in [0.3, 0.4) is 0 Å². The van der Waals surface area contributed by atoms with Gasteiger partial charge in [0, 0.05) is 45.0 Å². The van der Waals surface area contributed by atoms with Gasteiger partial charge in [-0.2, -0.15) is 0 Å². The lowest BCUT2D eigenvalue weighted by Crippen LogP contribution is -2.45. The first-order valence-corrected chi connectivity index (χ1v) is 9.79. The lowest BCUT2D eigenvalue weighted by Gasteiger charge is -2.20. The zero-order chi connectivity index (χ0) is 20.5. The van der Waals surface area contributed by atoms with E-state index in [9.17, 15) is 4.39 Å². The van der Waals surface area contributed by atoms with Crippen molar-refractivity contribution in [3.05, 3.63) is 48.4 Å². The smallest absolute Gasteiger partial charge is 0.191 e. The highest BCUT2D eigenvalue weighted by Crippen LogP contribution is 2.21. The van der Waals surface area contributed by atoms with Crippen LogP contribution in [0.2, 0.25) is 0 Å². The molecule has 164 valence electrons. The average Bonchev–Trinajstić information content (AvgIpc) is 3.21. The van der Waals surface area contributed by atoms with Crippen LogP contribution < -0.4 is 25.0 Å². The molecule has 1 fully saturated rings. The third-order valence-electron chi connectivity index (χ3n) is 4.71. The molecule has 2 N–H and O–H groups in total. The van der Waals surface area contributed by atoms with Gasteiger partial charge >= 0.3 is 0 Å². The number of guanidine groups is 1. The van der Waals surface area contributed by atoms with E-state index in [1.165, 1.54) is 6.07 Å². The molecule has 1 aliphatic rings. The monoisotopic (exact) mass is 529 g/mol. The molecule has 1 aromatic heterocycles. The number of halogens is 2. The van der Waals surface area contributed by atoms with Crippen LogP contribution in [0.4, 0.5) is 10.2 Å². The first-order valence-electron chi connectivity index (χ1n) is 9.79. The fourth-order valence-corrected chi connectivity index (χ4v) is 3.23. The summed E-state index contributed by atoms with van der Waals surface area (Å²) in [5.74, 6) is 2.43. The Labute approximate surface area is 194 Å². The zero-order valence-corrected chi connectivity index (χ0v) is 19.6. The Bertz CT molecular complexity index is 823. The van der Waals surface area contributed by atoms with Gasteiger partial charge in [0.2, 0.25) is 0 Å². The molecule has 0 spiro atoms. The Morgan fingerprint density at radius 2 is 2.13 bits per heavy atom. The number of nitrogens with zero attached hydrogens (tertiary/aromatic N) is 3. The van der Waals surface area contributed by atoms with E-state index >= 15 is 0 Å². The number of hydrogen-bond acceptors (Lipinski definition) is 5. The third-order valence-corrected chi connectivity index (χ3v) is 4.71. The molecule has 9 heteroatoms. The number of aromatic nitrogens is 1. The van der Waals surface area contributed by atoms with Crippen molar-refractivity contribution in [2.45, 2.75) is 18.9 Å². The van der Waals surface area contributed by atoms with Gasteiger partial charge in [0.15, 0.2) is 17.6 Å². The molecule has 7 nitrogen and oxygen atoms in total. The predicted octanol–water partition coefficient (Wildman–Crippen LogP) is 3.06. The Morgan fingerprint density at radius 1 is 1.30 bits per heavy atom. The molecular weight excluding hydrogens is 500 g/mol. The minimum absolute atomic E-state index is 0. The number of aliphatic imine (C=N–C) groups is 1. The van der Waals surface area contributed by atoms with Crippen molar-refractivity contribution in [2.75, 3.05) is 45.3 Å². The standard InChI is InChI=1S/C21H28FN5O2.HI/c1-23-21(25-11-5-13-29-18-7-3-6-17(14-18)28-2)26-16-9-12-27(15-16)20-19(22)8-4-10-24-20;/h3-4,6-8,10,14,16H,5,9,11-13,15H2,1-2H3,(H2,23,25,26);1H. The summed E-state index contributed by atoms with van der Waals surface area (Å²) in [4.78, 5) is 10.4. The van der Waals surface area contributed by atoms with Gasteiger partial charge in [0.1, 0.15) is 11.5 Å². The highest BCUT2D eigenvalue weighted by Gasteiger charge is 2.25. The van der Waals surface area contributed by atoms with E-state index < -0.39 is 0 Å². The van der Waals surface area contributed by atoms with Crippen LogP contribution in [0, 0.1) is 5.82 Å². The summed E-state index contributed by atoms with van der Waals surface area (Å²) in [5.41, 5.74) is 0. The Hall–Kier alpha value is -2.30. The predicted molar refractivity (Wildman–Crippen MR) is 128 cm³/mol. The second kappa shape index (κ2) is 12.4. The van der Waals surface area contributed by atoms with E-state index in [1.807, 2.05) is 29.2 Å². The van der Waals surface area contributed by atoms with Crippen molar-refractivity contribution in [2.24, 2.45) is 4.99 Å². The Morgan fingerprint density at radius 3 is 2.90 bits per heavy atom. The number of methoxy groups -OCH3 is 1. The SMILES string of the molecule is CN=C(NCCCOc1cccc(OC)c1)NC1CCN(c2ncccc2F)C1.I. The molecule has 0 saturated carbocycles. The summed E-state index contributed by atoms with van der Waals surface area (Å²) in [6, 6.07) is 10.8. The highest BCUT2D eigenvalue weighted by molar-refractivity contribution is 14.0.